The van der Waals surface area contributed by atoms with Crippen LogP contribution in [0.4, 0.5) is 0 Å². The van der Waals surface area contributed by atoms with Gasteiger partial charge in [0.1, 0.15) is 0 Å². The first-order valence-corrected chi connectivity index (χ1v) is 5.36. The summed E-state index contributed by atoms with van der Waals surface area (Å²) in [4.78, 5) is 11.7. The third-order valence-corrected chi connectivity index (χ3v) is 2.42. The average molecular weight is 216 g/mol. The van der Waals surface area contributed by atoms with Gasteiger partial charge in [-0.1, -0.05) is 0 Å². The van der Waals surface area contributed by atoms with Crippen LogP contribution in [0.3, 0.4) is 0 Å². The molecule has 3 N–H and O–H groups in total. The van der Waals surface area contributed by atoms with E-state index in [4.69, 9.17) is 15.2 Å². The molecule has 0 spiro atoms. The minimum atomic E-state index is -0.214. The number of amides is 1. The summed E-state index contributed by atoms with van der Waals surface area (Å²) >= 11 is 0. The van der Waals surface area contributed by atoms with Gasteiger partial charge >= 0.3 is 0 Å². The van der Waals surface area contributed by atoms with Crippen molar-refractivity contribution in [1.29, 1.82) is 0 Å². The maximum Gasteiger partial charge on any atom is 0.227 e. The second-order valence-corrected chi connectivity index (χ2v) is 3.88. The van der Waals surface area contributed by atoms with Crippen molar-refractivity contribution in [3.63, 3.8) is 0 Å². The lowest BCUT2D eigenvalue weighted by molar-refractivity contribution is -0.126. The molecule has 88 valence electrons. The highest BCUT2D eigenvalue weighted by molar-refractivity contribution is 5.80. The van der Waals surface area contributed by atoms with Crippen molar-refractivity contribution in [2.24, 2.45) is 11.7 Å². The van der Waals surface area contributed by atoms with Gasteiger partial charge in [-0.2, -0.15) is 0 Å². The predicted octanol–water partition coefficient (Wildman–Crippen LogP) is -0.499. The number of rotatable bonds is 5. The highest BCUT2D eigenvalue weighted by Crippen LogP contribution is 2.11. The third-order valence-electron chi connectivity index (χ3n) is 2.42. The van der Waals surface area contributed by atoms with Crippen LogP contribution in [0.15, 0.2) is 0 Å². The van der Waals surface area contributed by atoms with Crippen molar-refractivity contribution >= 4 is 5.91 Å². The minimum Gasteiger partial charge on any atom is -0.380 e. The summed E-state index contributed by atoms with van der Waals surface area (Å²) < 4.78 is 10.3. The van der Waals surface area contributed by atoms with Crippen molar-refractivity contribution in [3.05, 3.63) is 0 Å². The zero-order valence-electron chi connectivity index (χ0n) is 9.36. The Morgan fingerprint density at radius 2 is 2.40 bits per heavy atom. The maximum absolute atomic E-state index is 11.7. The van der Waals surface area contributed by atoms with Gasteiger partial charge in [-0.05, 0) is 13.8 Å². The number of ether oxygens (including phenoxy) is 2. The van der Waals surface area contributed by atoms with Gasteiger partial charge in [0.2, 0.25) is 5.91 Å². The van der Waals surface area contributed by atoms with Crippen LogP contribution in [0, 0.1) is 5.92 Å². The summed E-state index contributed by atoms with van der Waals surface area (Å²) in [7, 11) is 0. The molecule has 0 aromatic carbocycles. The Morgan fingerprint density at radius 3 is 2.93 bits per heavy atom. The van der Waals surface area contributed by atoms with E-state index in [1.807, 2.05) is 13.8 Å². The number of carbonyl (C=O) groups is 1. The molecule has 5 heteroatoms. The van der Waals surface area contributed by atoms with E-state index in [2.05, 4.69) is 5.32 Å². The largest absolute Gasteiger partial charge is 0.380 e. The van der Waals surface area contributed by atoms with Gasteiger partial charge in [0.05, 0.1) is 25.7 Å². The Kier molecular flexibility index (Phi) is 5.01. The maximum atomic E-state index is 11.7. The van der Waals surface area contributed by atoms with Gasteiger partial charge in [0.25, 0.3) is 0 Å². The van der Waals surface area contributed by atoms with Crippen molar-refractivity contribution in [2.45, 2.75) is 25.9 Å². The molecule has 0 aliphatic carbocycles. The summed E-state index contributed by atoms with van der Waals surface area (Å²) in [5.41, 5.74) is 5.74. The quantitative estimate of drug-likeness (QED) is 0.650. The van der Waals surface area contributed by atoms with Gasteiger partial charge in [0.15, 0.2) is 0 Å². The van der Waals surface area contributed by atoms with E-state index in [0.717, 1.165) is 0 Å². The smallest absolute Gasteiger partial charge is 0.227 e. The third kappa shape index (κ3) is 3.77. The molecule has 0 aromatic heterocycles. The van der Waals surface area contributed by atoms with Crippen LogP contribution in [0.25, 0.3) is 0 Å². The first-order chi connectivity index (χ1) is 7.15. The lowest BCUT2D eigenvalue weighted by atomic mass is 10.0. The van der Waals surface area contributed by atoms with Gasteiger partial charge in [-0.3, -0.25) is 4.79 Å². The van der Waals surface area contributed by atoms with Crippen LogP contribution in [0.5, 0.6) is 0 Å². The van der Waals surface area contributed by atoms with Gasteiger partial charge in [-0.15, -0.1) is 0 Å². The predicted molar refractivity (Wildman–Crippen MR) is 56.4 cm³/mol. The summed E-state index contributed by atoms with van der Waals surface area (Å²) in [6.07, 6.45) is 0. The van der Waals surface area contributed by atoms with Gasteiger partial charge in [-0.25, -0.2) is 0 Å². The fourth-order valence-corrected chi connectivity index (χ4v) is 1.53. The second kappa shape index (κ2) is 6.05. The molecule has 0 saturated carbocycles. The molecule has 0 bridgehead atoms. The molecule has 1 saturated heterocycles. The molecule has 15 heavy (non-hydrogen) atoms. The number of nitrogens with one attached hydrogen (secondary N) is 1. The van der Waals surface area contributed by atoms with Crippen molar-refractivity contribution in [3.8, 4) is 0 Å². The fraction of sp³-hybridized carbons (Fsp3) is 0.900. The first-order valence-electron chi connectivity index (χ1n) is 5.36. The van der Waals surface area contributed by atoms with E-state index >= 15 is 0 Å². The van der Waals surface area contributed by atoms with Crippen LogP contribution in [-0.2, 0) is 14.3 Å². The van der Waals surface area contributed by atoms with E-state index in [-0.39, 0.29) is 23.9 Å². The summed E-state index contributed by atoms with van der Waals surface area (Å²) in [5.74, 6) is -0.249. The molecule has 0 aromatic rings. The summed E-state index contributed by atoms with van der Waals surface area (Å²) in [5, 5.41) is 2.86. The number of hydrogen-bond acceptors (Lipinski definition) is 4. The molecule has 1 aliphatic rings. The molecule has 1 heterocycles. The van der Waals surface area contributed by atoms with Gasteiger partial charge < -0.3 is 20.5 Å². The first kappa shape index (κ1) is 12.4. The SMILES string of the molecule is CCOCC(C)NC(=O)C1COCC1N. The summed E-state index contributed by atoms with van der Waals surface area (Å²) in [6.45, 7) is 5.92. The van der Waals surface area contributed by atoms with Crippen molar-refractivity contribution in [1.82, 2.24) is 5.32 Å². The zero-order chi connectivity index (χ0) is 11.3. The molecule has 0 radical (unpaired) electrons. The van der Waals surface area contributed by atoms with Crippen LogP contribution in [0.2, 0.25) is 0 Å². The molecular weight excluding hydrogens is 196 g/mol. The molecule has 3 unspecified atom stereocenters. The Balaban J connectivity index is 2.28. The second-order valence-electron chi connectivity index (χ2n) is 3.88. The number of hydrogen-bond donors (Lipinski definition) is 2. The molecule has 5 nitrogen and oxygen atoms in total. The minimum absolute atomic E-state index is 0.0187. The zero-order valence-corrected chi connectivity index (χ0v) is 9.36. The Hall–Kier alpha value is -0.650. The Bertz CT molecular complexity index is 211. The monoisotopic (exact) mass is 216 g/mol. The highest BCUT2D eigenvalue weighted by Gasteiger charge is 2.31. The van der Waals surface area contributed by atoms with E-state index in [1.165, 1.54) is 0 Å². The lowest BCUT2D eigenvalue weighted by Crippen LogP contribution is -2.45. The van der Waals surface area contributed by atoms with E-state index < -0.39 is 0 Å². The van der Waals surface area contributed by atoms with Crippen LogP contribution in [0.1, 0.15) is 13.8 Å². The highest BCUT2D eigenvalue weighted by atomic mass is 16.5. The molecule has 1 amide bonds. The topological polar surface area (TPSA) is 73.6 Å². The van der Waals surface area contributed by atoms with Crippen molar-refractivity contribution in [2.75, 3.05) is 26.4 Å². The number of nitrogens with two attached hydrogens (primary N) is 1. The fourth-order valence-electron chi connectivity index (χ4n) is 1.53. The number of carbonyl (C=O) groups excluding carboxylic acids is 1. The van der Waals surface area contributed by atoms with Crippen LogP contribution < -0.4 is 11.1 Å². The van der Waals surface area contributed by atoms with Crippen LogP contribution >= 0.6 is 0 Å². The van der Waals surface area contributed by atoms with Crippen LogP contribution in [-0.4, -0.2) is 44.4 Å². The molecule has 1 fully saturated rings. The summed E-state index contributed by atoms with van der Waals surface area (Å²) in [6, 6.07) is -0.158. The average Bonchev–Trinajstić information content (AvgIpc) is 2.61. The standard InChI is InChI=1S/C10H20N2O3/c1-3-14-4-7(2)12-10(13)8-5-15-6-9(8)11/h7-9H,3-6,11H2,1-2H3,(H,12,13). The lowest BCUT2D eigenvalue weighted by Gasteiger charge is -2.18. The molecule has 1 aliphatic heterocycles. The van der Waals surface area contributed by atoms with E-state index in [0.29, 0.717) is 26.4 Å². The normalized spacial score (nSPS) is 27.7. The molecule has 1 rings (SSSR count). The van der Waals surface area contributed by atoms with Crippen molar-refractivity contribution < 1.29 is 14.3 Å². The van der Waals surface area contributed by atoms with Gasteiger partial charge in [0, 0.05) is 18.7 Å². The molecule has 3 atom stereocenters. The Labute approximate surface area is 90.3 Å². The van der Waals surface area contributed by atoms with E-state index in [9.17, 15) is 4.79 Å². The van der Waals surface area contributed by atoms with E-state index in [1.54, 1.807) is 0 Å². The Morgan fingerprint density at radius 1 is 1.67 bits per heavy atom. The molecular formula is C10H20N2O3.